The van der Waals surface area contributed by atoms with Crippen LogP contribution in [0.5, 0.6) is 0 Å². The van der Waals surface area contributed by atoms with Crippen molar-refractivity contribution in [3.05, 3.63) is 18.0 Å². The highest BCUT2D eigenvalue weighted by atomic mass is 15.3. The molecule has 21 heavy (non-hydrogen) atoms. The molecular formula is C18H33N3. The minimum atomic E-state index is 0.0665. The molecule has 0 amide bonds. The Hall–Kier alpha value is -0.830. The van der Waals surface area contributed by atoms with E-state index in [9.17, 15) is 0 Å². The highest BCUT2D eigenvalue weighted by Gasteiger charge is 2.33. The van der Waals surface area contributed by atoms with Crippen LogP contribution < -0.4 is 5.32 Å². The molecule has 120 valence electrons. The van der Waals surface area contributed by atoms with Gasteiger partial charge in [0.05, 0.1) is 11.7 Å². The van der Waals surface area contributed by atoms with Crippen molar-refractivity contribution in [2.75, 3.05) is 0 Å². The van der Waals surface area contributed by atoms with E-state index in [-0.39, 0.29) is 5.54 Å². The molecule has 1 N–H and O–H groups in total. The van der Waals surface area contributed by atoms with Crippen LogP contribution >= 0.6 is 0 Å². The van der Waals surface area contributed by atoms with Crippen molar-refractivity contribution in [1.82, 2.24) is 15.1 Å². The first kappa shape index (κ1) is 16.5. The van der Waals surface area contributed by atoms with E-state index in [4.69, 9.17) is 0 Å². The summed E-state index contributed by atoms with van der Waals surface area (Å²) in [6.45, 7) is 14.7. The van der Waals surface area contributed by atoms with Gasteiger partial charge in [0.25, 0.3) is 0 Å². The third-order valence-electron chi connectivity index (χ3n) is 4.77. The van der Waals surface area contributed by atoms with Gasteiger partial charge in [0, 0.05) is 24.3 Å². The van der Waals surface area contributed by atoms with Gasteiger partial charge in [-0.25, -0.2) is 0 Å². The van der Waals surface area contributed by atoms with Crippen LogP contribution in [0.15, 0.2) is 12.4 Å². The first-order chi connectivity index (χ1) is 9.68. The summed E-state index contributed by atoms with van der Waals surface area (Å²) in [4.78, 5) is 0. The Morgan fingerprint density at radius 2 is 1.81 bits per heavy atom. The Bertz CT molecular complexity index is 448. The number of hydrogen-bond acceptors (Lipinski definition) is 2. The van der Waals surface area contributed by atoms with E-state index < -0.39 is 0 Å². The predicted octanol–water partition coefficient (Wildman–Crippen LogP) is 4.33. The van der Waals surface area contributed by atoms with Gasteiger partial charge in [0.1, 0.15) is 0 Å². The SMILES string of the molecule is CC(C)(C)C1CCCCC1NCc1cnn(C(C)(C)C)c1. The van der Waals surface area contributed by atoms with Crippen molar-refractivity contribution in [1.29, 1.82) is 0 Å². The smallest absolute Gasteiger partial charge is 0.0543 e. The summed E-state index contributed by atoms with van der Waals surface area (Å²) < 4.78 is 2.06. The van der Waals surface area contributed by atoms with Gasteiger partial charge in [-0.15, -0.1) is 0 Å². The number of nitrogens with zero attached hydrogens (tertiary/aromatic N) is 2. The molecule has 1 saturated carbocycles. The molecule has 3 heteroatoms. The number of rotatable bonds is 3. The third kappa shape index (κ3) is 4.32. The minimum Gasteiger partial charge on any atom is -0.310 e. The first-order valence-corrected chi connectivity index (χ1v) is 8.45. The molecule has 0 saturated heterocycles. The number of nitrogens with one attached hydrogen (secondary N) is 1. The third-order valence-corrected chi connectivity index (χ3v) is 4.77. The van der Waals surface area contributed by atoms with Crippen LogP contribution in [0.2, 0.25) is 0 Å². The number of aromatic nitrogens is 2. The summed E-state index contributed by atoms with van der Waals surface area (Å²) in [5.74, 6) is 0.781. The predicted molar refractivity (Wildman–Crippen MR) is 89.3 cm³/mol. The second-order valence-electron chi connectivity index (χ2n) is 8.71. The lowest BCUT2D eigenvalue weighted by atomic mass is 9.69. The Kier molecular flexibility index (Phi) is 4.82. The fraction of sp³-hybridized carbons (Fsp3) is 0.833. The normalized spacial score (nSPS) is 24.3. The van der Waals surface area contributed by atoms with Gasteiger partial charge in [-0.3, -0.25) is 4.68 Å². The maximum absolute atomic E-state index is 4.50. The summed E-state index contributed by atoms with van der Waals surface area (Å²) in [5.41, 5.74) is 1.76. The maximum atomic E-state index is 4.50. The van der Waals surface area contributed by atoms with Crippen LogP contribution in [0.25, 0.3) is 0 Å². The van der Waals surface area contributed by atoms with Crippen molar-refractivity contribution in [2.45, 2.75) is 85.4 Å². The van der Waals surface area contributed by atoms with E-state index in [1.165, 1.54) is 31.2 Å². The molecule has 0 bridgehead atoms. The van der Waals surface area contributed by atoms with Crippen molar-refractivity contribution >= 4 is 0 Å². The molecule has 1 aliphatic rings. The average molecular weight is 291 g/mol. The van der Waals surface area contributed by atoms with E-state index in [1.807, 2.05) is 6.20 Å². The zero-order valence-corrected chi connectivity index (χ0v) is 14.7. The molecule has 1 heterocycles. The van der Waals surface area contributed by atoms with Crippen molar-refractivity contribution in [3.8, 4) is 0 Å². The highest BCUT2D eigenvalue weighted by molar-refractivity contribution is 5.05. The summed E-state index contributed by atoms with van der Waals surface area (Å²) in [7, 11) is 0. The van der Waals surface area contributed by atoms with Crippen LogP contribution in [0.4, 0.5) is 0 Å². The number of hydrogen-bond donors (Lipinski definition) is 1. The van der Waals surface area contributed by atoms with Crippen LogP contribution in [-0.2, 0) is 12.1 Å². The molecule has 1 fully saturated rings. The monoisotopic (exact) mass is 291 g/mol. The first-order valence-electron chi connectivity index (χ1n) is 8.45. The van der Waals surface area contributed by atoms with Crippen molar-refractivity contribution < 1.29 is 0 Å². The van der Waals surface area contributed by atoms with Gasteiger partial charge in [0.2, 0.25) is 0 Å². The summed E-state index contributed by atoms with van der Waals surface area (Å²) in [6, 6.07) is 0.650. The zero-order valence-electron chi connectivity index (χ0n) is 14.7. The maximum Gasteiger partial charge on any atom is 0.0543 e. The van der Waals surface area contributed by atoms with Gasteiger partial charge in [-0.1, -0.05) is 33.6 Å². The van der Waals surface area contributed by atoms with Gasteiger partial charge in [-0.05, 0) is 44.9 Å². The van der Waals surface area contributed by atoms with Crippen LogP contribution in [-0.4, -0.2) is 15.8 Å². The van der Waals surface area contributed by atoms with Crippen molar-refractivity contribution in [3.63, 3.8) is 0 Å². The summed E-state index contributed by atoms with van der Waals surface area (Å²) in [6.07, 6.45) is 9.63. The Morgan fingerprint density at radius 1 is 1.14 bits per heavy atom. The van der Waals surface area contributed by atoms with Gasteiger partial charge >= 0.3 is 0 Å². The van der Waals surface area contributed by atoms with Crippen LogP contribution in [0.3, 0.4) is 0 Å². The molecule has 1 aromatic heterocycles. The average Bonchev–Trinajstić information content (AvgIpc) is 2.84. The lowest BCUT2D eigenvalue weighted by Crippen LogP contribution is -2.43. The lowest BCUT2D eigenvalue weighted by Gasteiger charge is -2.41. The zero-order chi connectivity index (χ0) is 15.7. The highest BCUT2D eigenvalue weighted by Crippen LogP contribution is 2.38. The van der Waals surface area contributed by atoms with Gasteiger partial charge in [0.15, 0.2) is 0 Å². The molecule has 0 aromatic carbocycles. The standard InChI is InChI=1S/C18H33N3/c1-17(2,3)15-9-7-8-10-16(15)19-11-14-12-20-21(13-14)18(4,5)6/h12-13,15-16,19H,7-11H2,1-6H3. The minimum absolute atomic E-state index is 0.0665. The van der Waals surface area contributed by atoms with E-state index in [0.717, 1.165) is 12.5 Å². The molecule has 1 aromatic rings. The summed E-state index contributed by atoms with van der Waals surface area (Å²) >= 11 is 0. The second-order valence-corrected chi connectivity index (χ2v) is 8.71. The quantitative estimate of drug-likeness (QED) is 0.898. The Morgan fingerprint density at radius 3 is 2.38 bits per heavy atom. The Labute approximate surface area is 130 Å². The fourth-order valence-corrected chi connectivity index (χ4v) is 3.48. The van der Waals surface area contributed by atoms with E-state index in [0.29, 0.717) is 11.5 Å². The fourth-order valence-electron chi connectivity index (χ4n) is 3.48. The second kappa shape index (κ2) is 6.12. The Balaban J connectivity index is 1.96. The molecule has 0 radical (unpaired) electrons. The van der Waals surface area contributed by atoms with Gasteiger partial charge in [-0.2, -0.15) is 5.10 Å². The molecule has 0 spiro atoms. The molecule has 0 aliphatic heterocycles. The van der Waals surface area contributed by atoms with Crippen molar-refractivity contribution in [2.24, 2.45) is 11.3 Å². The lowest BCUT2D eigenvalue weighted by molar-refractivity contribution is 0.130. The molecular weight excluding hydrogens is 258 g/mol. The van der Waals surface area contributed by atoms with Gasteiger partial charge < -0.3 is 5.32 Å². The molecule has 2 unspecified atom stereocenters. The van der Waals surface area contributed by atoms with E-state index in [2.05, 4.69) is 62.8 Å². The molecule has 2 atom stereocenters. The van der Waals surface area contributed by atoms with E-state index >= 15 is 0 Å². The topological polar surface area (TPSA) is 29.9 Å². The summed E-state index contributed by atoms with van der Waals surface area (Å²) in [5, 5.41) is 8.30. The molecule has 3 nitrogen and oxygen atoms in total. The van der Waals surface area contributed by atoms with Crippen LogP contribution in [0.1, 0.15) is 72.8 Å². The largest absolute Gasteiger partial charge is 0.310 e. The van der Waals surface area contributed by atoms with Crippen LogP contribution in [0, 0.1) is 11.3 Å². The van der Waals surface area contributed by atoms with E-state index in [1.54, 1.807) is 0 Å². The molecule has 1 aliphatic carbocycles. The molecule has 2 rings (SSSR count).